The summed E-state index contributed by atoms with van der Waals surface area (Å²) in [7, 11) is 0. The molecule has 3 amide bonds. The van der Waals surface area contributed by atoms with Crippen molar-refractivity contribution in [2.45, 2.75) is 39.3 Å². The maximum Gasteiger partial charge on any atom is 0.267 e. The summed E-state index contributed by atoms with van der Waals surface area (Å²) in [6, 6.07) is 14.1. The molecule has 152 valence electrons. The summed E-state index contributed by atoms with van der Waals surface area (Å²) >= 11 is 0. The molecule has 0 saturated carbocycles. The van der Waals surface area contributed by atoms with E-state index in [1.165, 1.54) is 0 Å². The SMILES string of the molecule is CC(C)NC(=O)c1ccccc1NC(=O)CCN1C(=O)C(C)Oc2ccccc21. The third-order valence-electron chi connectivity index (χ3n) is 4.50. The largest absolute Gasteiger partial charge is 0.479 e. The van der Waals surface area contributed by atoms with E-state index in [1.807, 2.05) is 26.0 Å². The van der Waals surface area contributed by atoms with E-state index in [0.717, 1.165) is 0 Å². The number of rotatable bonds is 6. The average Bonchev–Trinajstić information content (AvgIpc) is 2.68. The van der Waals surface area contributed by atoms with Gasteiger partial charge in [0.05, 0.1) is 16.9 Å². The van der Waals surface area contributed by atoms with E-state index >= 15 is 0 Å². The Morgan fingerprint density at radius 1 is 1.10 bits per heavy atom. The van der Waals surface area contributed by atoms with Crippen molar-refractivity contribution >= 4 is 29.1 Å². The molecule has 2 N–H and O–H groups in total. The molecule has 0 spiro atoms. The molecule has 7 nitrogen and oxygen atoms in total. The van der Waals surface area contributed by atoms with Crippen molar-refractivity contribution in [1.29, 1.82) is 0 Å². The molecule has 7 heteroatoms. The molecule has 0 saturated heterocycles. The fraction of sp³-hybridized carbons (Fsp3) is 0.318. The molecule has 29 heavy (non-hydrogen) atoms. The number of carbonyl (C=O) groups is 3. The zero-order chi connectivity index (χ0) is 21.0. The van der Waals surface area contributed by atoms with Crippen LogP contribution in [0.3, 0.4) is 0 Å². The standard InChI is InChI=1S/C22H25N3O4/c1-14(2)23-21(27)16-8-4-5-9-17(16)24-20(26)12-13-25-18-10-6-7-11-19(18)29-15(3)22(25)28/h4-11,14-15H,12-13H2,1-3H3,(H,23,27)(H,24,26). The van der Waals surface area contributed by atoms with Crippen molar-refractivity contribution in [3.63, 3.8) is 0 Å². The zero-order valence-electron chi connectivity index (χ0n) is 16.8. The number of nitrogens with one attached hydrogen (secondary N) is 2. The van der Waals surface area contributed by atoms with Crippen molar-refractivity contribution in [2.75, 3.05) is 16.8 Å². The average molecular weight is 395 g/mol. The maximum absolute atomic E-state index is 12.5. The molecule has 1 unspecified atom stereocenters. The van der Waals surface area contributed by atoms with Gasteiger partial charge < -0.3 is 20.3 Å². The topological polar surface area (TPSA) is 87.7 Å². The fourth-order valence-electron chi connectivity index (χ4n) is 3.15. The van der Waals surface area contributed by atoms with E-state index in [9.17, 15) is 14.4 Å². The quantitative estimate of drug-likeness (QED) is 0.787. The van der Waals surface area contributed by atoms with Crippen LogP contribution in [0.25, 0.3) is 0 Å². The van der Waals surface area contributed by atoms with Crippen LogP contribution in [-0.4, -0.2) is 36.4 Å². The minimum Gasteiger partial charge on any atom is -0.479 e. The third-order valence-corrected chi connectivity index (χ3v) is 4.50. The van der Waals surface area contributed by atoms with Crippen molar-refractivity contribution in [3.05, 3.63) is 54.1 Å². The van der Waals surface area contributed by atoms with E-state index in [-0.39, 0.29) is 36.7 Å². The van der Waals surface area contributed by atoms with Gasteiger partial charge in [-0.15, -0.1) is 0 Å². The first kappa shape index (κ1) is 20.4. The Morgan fingerprint density at radius 3 is 2.55 bits per heavy atom. The van der Waals surface area contributed by atoms with Crippen LogP contribution >= 0.6 is 0 Å². The first-order valence-corrected chi connectivity index (χ1v) is 9.63. The highest BCUT2D eigenvalue weighted by Crippen LogP contribution is 2.33. The summed E-state index contributed by atoms with van der Waals surface area (Å²) in [5.41, 5.74) is 1.49. The van der Waals surface area contributed by atoms with Crippen molar-refractivity contribution in [3.8, 4) is 5.75 Å². The van der Waals surface area contributed by atoms with Crippen LogP contribution in [0, 0.1) is 0 Å². The summed E-state index contributed by atoms with van der Waals surface area (Å²) < 4.78 is 5.61. The molecule has 1 atom stereocenters. The van der Waals surface area contributed by atoms with Gasteiger partial charge in [-0.05, 0) is 45.0 Å². The van der Waals surface area contributed by atoms with Crippen molar-refractivity contribution in [2.24, 2.45) is 0 Å². The first-order chi connectivity index (χ1) is 13.9. The molecule has 0 aliphatic carbocycles. The lowest BCUT2D eigenvalue weighted by molar-refractivity contribution is -0.125. The summed E-state index contributed by atoms with van der Waals surface area (Å²) in [5, 5.41) is 5.61. The number of anilines is 2. The Bertz CT molecular complexity index is 926. The smallest absolute Gasteiger partial charge is 0.267 e. The predicted octanol–water partition coefficient (Wildman–Crippen LogP) is 2.97. The van der Waals surface area contributed by atoms with Gasteiger partial charge in [-0.2, -0.15) is 0 Å². The molecule has 2 aromatic rings. The van der Waals surface area contributed by atoms with E-state index in [0.29, 0.717) is 22.7 Å². The molecule has 0 radical (unpaired) electrons. The van der Waals surface area contributed by atoms with Gasteiger partial charge in [0.15, 0.2) is 6.10 Å². The summed E-state index contributed by atoms with van der Waals surface area (Å²) in [6.45, 7) is 5.65. The lowest BCUT2D eigenvalue weighted by Gasteiger charge is -2.32. The van der Waals surface area contributed by atoms with Gasteiger partial charge in [0.2, 0.25) is 5.91 Å². The third kappa shape index (κ3) is 4.74. The molecule has 1 aliphatic heterocycles. The van der Waals surface area contributed by atoms with Crippen LogP contribution in [0.15, 0.2) is 48.5 Å². The lowest BCUT2D eigenvalue weighted by Crippen LogP contribution is -2.45. The molecule has 0 bridgehead atoms. The summed E-state index contributed by atoms with van der Waals surface area (Å²) in [4.78, 5) is 39.0. The zero-order valence-corrected chi connectivity index (χ0v) is 16.8. The van der Waals surface area contributed by atoms with E-state index < -0.39 is 6.10 Å². The normalized spacial score (nSPS) is 15.5. The molecule has 2 aromatic carbocycles. The van der Waals surface area contributed by atoms with Crippen LogP contribution in [0.2, 0.25) is 0 Å². The first-order valence-electron chi connectivity index (χ1n) is 9.63. The number of hydrogen-bond acceptors (Lipinski definition) is 4. The lowest BCUT2D eigenvalue weighted by atomic mass is 10.1. The second kappa shape index (κ2) is 8.77. The van der Waals surface area contributed by atoms with Crippen LogP contribution in [-0.2, 0) is 9.59 Å². The van der Waals surface area contributed by atoms with Gasteiger partial charge in [-0.1, -0.05) is 24.3 Å². The number of fused-ring (bicyclic) bond motifs is 1. The van der Waals surface area contributed by atoms with Crippen LogP contribution in [0.5, 0.6) is 5.75 Å². The highest BCUT2D eigenvalue weighted by atomic mass is 16.5. The Hall–Kier alpha value is -3.35. The molecule has 1 heterocycles. The van der Waals surface area contributed by atoms with Gasteiger partial charge in [0.25, 0.3) is 11.8 Å². The monoisotopic (exact) mass is 395 g/mol. The number of benzene rings is 2. The Balaban J connectivity index is 1.68. The van der Waals surface area contributed by atoms with E-state index in [1.54, 1.807) is 48.2 Å². The number of nitrogens with zero attached hydrogens (tertiary/aromatic N) is 1. The van der Waals surface area contributed by atoms with Crippen LogP contribution in [0.1, 0.15) is 37.6 Å². The van der Waals surface area contributed by atoms with Crippen LogP contribution in [0.4, 0.5) is 11.4 Å². The predicted molar refractivity (Wildman–Crippen MR) is 111 cm³/mol. The molecule has 0 fully saturated rings. The highest BCUT2D eigenvalue weighted by Gasteiger charge is 2.31. The van der Waals surface area contributed by atoms with Crippen molar-refractivity contribution < 1.29 is 19.1 Å². The molecule has 1 aliphatic rings. The molecular weight excluding hydrogens is 370 g/mol. The van der Waals surface area contributed by atoms with Gasteiger partial charge in [-0.3, -0.25) is 14.4 Å². The minimum absolute atomic E-state index is 0.0133. The minimum atomic E-state index is -0.603. The Morgan fingerprint density at radius 2 is 1.79 bits per heavy atom. The van der Waals surface area contributed by atoms with Crippen LogP contribution < -0.4 is 20.3 Å². The Kier molecular flexibility index (Phi) is 6.16. The number of carbonyl (C=O) groups excluding carboxylic acids is 3. The van der Waals surface area contributed by atoms with E-state index in [4.69, 9.17) is 4.74 Å². The fourth-order valence-corrected chi connectivity index (χ4v) is 3.15. The number of para-hydroxylation sites is 3. The molecule has 0 aromatic heterocycles. The van der Waals surface area contributed by atoms with Gasteiger partial charge in [-0.25, -0.2) is 0 Å². The molecule has 3 rings (SSSR count). The summed E-state index contributed by atoms with van der Waals surface area (Å²) in [5.74, 6) is -0.0925. The molecular formula is C22H25N3O4. The Labute approximate surface area is 170 Å². The van der Waals surface area contributed by atoms with Gasteiger partial charge >= 0.3 is 0 Å². The summed E-state index contributed by atoms with van der Waals surface area (Å²) in [6.07, 6.45) is -0.513. The van der Waals surface area contributed by atoms with Crippen molar-refractivity contribution in [1.82, 2.24) is 5.32 Å². The second-order valence-corrected chi connectivity index (χ2v) is 7.19. The second-order valence-electron chi connectivity index (χ2n) is 7.19. The number of ether oxygens (including phenoxy) is 1. The maximum atomic E-state index is 12.5. The van der Waals surface area contributed by atoms with Gasteiger partial charge in [0, 0.05) is 19.0 Å². The number of hydrogen-bond donors (Lipinski definition) is 2. The highest BCUT2D eigenvalue weighted by molar-refractivity contribution is 6.04. The van der Waals surface area contributed by atoms with E-state index in [2.05, 4.69) is 10.6 Å². The number of amides is 3. The van der Waals surface area contributed by atoms with Gasteiger partial charge in [0.1, 0.15) is 5.75 Å².